The SMILES string of the molecule is CCn1c(CNC(=O)c2ccc(Cl)cc2Cl)nnc1SCC(=O)Nc1ccc(I)cc1. The average molecular weight is 590 g/mol. The zero-order valence-corrected chi connectivity index (χ0v) is 20.8. The number of halogens is 3. The molecular weight excluding hydrogens is 572 g/mol. The quantitative estimate of drug-likeness (QED) is 0.289. The summed E-state index contributed by atoms with van der Waals surface area (Å²) in [6.07, 6.45) is 0. The van der Waals surface area contributed by atoms with Crippen molar-refractivity contribution in [2.75, 3.05) is 11.1 Å². The summed E-state index contributed by atoms with van der Waals surface area (Å²) in [5.74, 6) is 0.306. The van der Waals surface area contributed by atoms with Crippen LogP contribution in [0.1, 0.15) is 23.1 Å². The highest BCUT2D eigenvalue weighted by atomic mass is 127. The van der Waals surface area contributed by atoms with E-state index in [1.54, 1.807) is 12.1 Å². The number of nitrogens with zero attached hydrogens (tertiary/aromatic N) is 3. The molecule has 0 saturated carbocycles. The Balaban J connectivity index is 1.57. The molecule has 7 nitrogen and oxygen atoms in total. The average Bonchev–Trinajstić information content (AvgIpc) is 3.14. The Morgan fingerprint density at radius 1 is 1.13 bits per heavy atom. The predicted molar refractivity (Wildman–Crippen MR) is 132 cm³/mol. The first-order valence-corrected chi connectivity index (χ1v) is 12.0. The summed E-state index contributed by atoms with van der Waals surface area (Å²) in [6.45, 7) is 2.72. The Bertz CT molecular complexity index is 1090. The first kappa shape index (κ1) is 23.8. The number of nitrogens with one attached hydrogen (secondary N) is 2. The summed E-state index contributed by atoms with van der Waals surface area (Å²) in [7, 11) is 0. The van der Waals surface area contributed by atoms with Gasteiger partial charge in [-0.3, -0.25) is 9.59 Å². The molecule has 0 radical (unpaired) electrons. The van der Waals surface area contributed by atoms with Crippen molar-refractivity contribution < 1.29 is 9.59 Å². The fraction of sp³-hybridized carbons (Fsp3) is 0.200. The van der Waals surface area contributed by atoms with E-state index in [0.29, 0.717) is 28.1 Å². The monoisotopic (exact) mass is 589 g/mol. The van der Waals surface area contributed by atoms with Crippen LogP contribution in [0.4, 0.5) is 5.69 Å². The molecule has 1 heterocycles. The van der Waals surface area contributed by atoms with Crippen LogP contribution in [0, 0.1) is 3.57 Å². The fourth-order valence-corrected chi connectivity index (χ4v) is 4.34. The largest absolute Gasteiger partial charge is 0.345 e. The van der Waals surface area contributed by atoms with Crippen LogP contribution in [0.3, 0.4) is 0 Å². The Labute approximate surface area is 207 Å². The third kappa shape index (κ3) is 6.58. The van der Waals surface area contributed by atoms with E-state index in [-0.39, 0.29) is 29.1 Å². The second kappa shape index (κ2) is 11.2. The van der Waals surface area contributed by atoms with Crippen molar-refractivity contribution in [3.8, 4) is 0 Å². The van der Waals surface area contributed by atoms with Gasteiger partial charge < -0.3 is 15.2 Å². The van der Waals surface area contributed by atoms with Crippen molar-refractivity contribution in [2.24, 2.45) is 0 Å². The number of hydrogen-bond donors (Lipinski definition) is 2. The van der Waals surface area contributed by atoms with Gasteiger partial charge in [-0.2, -0.15) is 0 Å². The Morgan fingerprint density at radius 2 is 1.87 bits per heavy atom. The summed E-state index contributed by atoms with van der Waals surface area (Å²) in [6, 6.07) is 12.2. The lowest BCUT2D eigenvalue weighted by Gasteiger charge is -2.09. The van der Waals surface area contributed by atoms with Gasteiger partial charge in [0, 0.05) is 20.8 Å². The number of thioether (sulfide) groups is 1. The highest BCUT2D eigenvalue weighted by Gasteiger charge is 2.16. The van der Waals surface area contributed by atoms with Gasteiger partial charge in [-0.05, 0) is 72.0 Å². The molecule has 0 spiro atoms. The van der Waals surface area contributed by atoms with E-state index in [1.807, 2.05) is 35.8 Å². The van der Waals surface area contributed by atoms with E-state index >= 15 is 0 Å². The van der Waals surface area contributed by atoms with Crippen LogP contribution < -0.4 is 10.6 Å². The normalized spacial score (nSPS) is 10.7. The molecule has 3 aromatic rings. The van der Waals surface area contributed by atoms with Crippen molar-refractivity contribution in [2.45, 2.75) is 25.2 Å². The lowest BCUT2D eigenvalue weighted by molar-refractivity contribution is -0.113. The fourth-order valence-electron chi connectivity index (χ4n) is 2.66. The number of rotatable bonds is 8. The molecule has 0 aliphatic carbocycles. The number of amides is 2. The minimum absolute atomic E-state index is 0.135. The van der Waals surface area contributed by atoms with Crippen molar-refractivity contribution in [3.05, 3.63) is 67.5 Å². The third-order valence-electron chi connectivity index (χ3n) is 4.15. The predicted octanol–water partition coefficient (Wildman–Crippen LogP) is 4.87. The molecule has 0 atom stereocenters. The molecule has 0 aliphatic heterocycles. The second-order valence-corrected chi connectivity index (χ2v) is 9.33. The molecule has 2 N–H and O–H groups in total. The molecule has 0 unspecified atom stereocenters. The first-order chi connectivity index (χ1) is 14.9. The van der Waals surface area contributed by atoms with Crippen molar-refractivity contribution >= 4 is 75.1 Å². The van der Waals surface area contributed by atoms with E-state index in [9.17, 15) is 9.59 Å². The maximum Gasteiger partial charge on any atom is 0.253 e. The molecule has 1 aromatic heterocycles. The summed E-state index contributed by atoms with van der Waals surface area (Å²) in [5.41, 5.74) is 1.07. The standard InChI is InChI=1S/C20H18Cl2IN5O2S/c1-2-28-17(10-24-19(30)15-8-3-12(21)9-16(15)22)26-27-20(28)31-11-18(29)25-14-6-4-13(23)5-7-14/h3-9H,2,10-11H2,1H3,(H,24,30)(H,25,29). The van der Waals surface area contributed by atoms with Gasteiger partial charge in [-0.25, -0.2) is 0 Å². The lowest BCUT2D eigenvalue weighted by atomic mass is 10.2. The molecule has 3 rings (SSSR count). The number of carbonyl (C=O) groups excluding carboxylic acids is 2. The van der Waals surface area contributed by atoms with Gasteiger partial charge in [-0.15, -0.1) is 10.2 Å². The van der Waals surface area contributed by atoms with E-state index in [2.05, 4.69) is 43.4 Å². The van der Waals surface area contributed by atoms with Crippen LogP contribution in [0.5, 0.6) is 0 Å². The topological polar surface area (TPSA) is 88.9 Å². The highest BCUT2D eigenvalue weighted by molar-refractivity contribution is 14.1. The first-order valence-electron chi connectivity index (χ1n) is 9.21. The summed E-state index contributed by atoms with van der Waals surface area (Å²) < 4.78 is 2.95. The van der Waals surface area contributed by atoms with Gasteiger partial charge in [0.25, 0.3) is 5.91 Å². The zero-order valence-electron chi connectivity index (χ0n) is 16.4. The Morgan fingerprint density at radius 3 is 2.55 bits per heavy atom. The number of carbonyl (C=O) groups is 2. The van der Waals surface area contributed by atoms with Gasteiger partial charge in [0.2, 0.25) is 5.91 Å². The van der Waals surface area contributed by atoms with Crippen LogP contribution in [-0.2, 0) is 17.9 Å². The zero-order chi connectivity index (χ0) is 22.4. The van der Waals surface area contributed by atoms with Crippen molar-refractivity contribution in [1.29, 1.82) is 0 Å². The molecule has 2 aromatic carbocycles. The van der Waals surface area contributed by atoms with E-state index < -0.39 is 0 Å². The van der Waals surface area contributed by atoms with Crippen LogP contribution >= 0.6 is 57.6 Å². The smallest absolute Gasteiger partial charge is 0.253 e. The third-order valence-corrected chi connectivity index (χ3v) is 6.39. The molecule has 0 fully saturated rings. The van der Waals surface area contributed by atoms with E-state index in [1.165, 1.54) is 17.8 Å². The van der Waals surface area contributed by atoms with Crippen LogP contribution in [0.2, 0.25) is 10.0 Å². The molecule has 0 bridgehead atoms. The number of hydrogen-bond acceptors (Lipinski definition) is 5. The molecule has 2 amide bonds. The maximum atomic E-state index is 12.4. The van der Waals surface area contributed by atoms with Crippen molar-refractivity contribution in [1.82, 2.24) is 20.1 Å². The number of benzene rings is 2. The van der Waals surface area contributed by atoms with E-state index in [4.69, 9.17) is 23.2 Å². The second-order valence-electron chi connectivity index (χ2n) is 6.29. The van der Waals surface area contributed by atoms with Crippen LogP contribution in [0.25, 0.3) is 0 Å². The summed E-state index contributed by atoms with van der Waals surface area (Å²) in [4.78, 5) is 24.6. The Kier molecular flexibility index (Phi) is 8.58. The minimum atomic E-state index is -0.335. The van der Waals surface area contributed by atoms with Gasteiger partial charge in [0.1, 0.15) is 0 Å². The number of aromatic nitrogens is 3. The van der Waals surface area contributed by atoms with Crippen LogP contribution in [-0.4, -0.2) is 32.3 Å². The lowest BCUT2D eigenvalue weighted by Crippen LogP contribution is -2.25. The molecule has 11 heteroatoms. The minimum Gasteiger partial charge on any atom is -0.345 e. The molecule has 0 aliphatic rings. The van der Waals surface area contributed by atoms with Crippen LogP contribution in [0.15, 0.2) is 47.6 Å². The molecule has 31 heavy (non-hydrogen) atoms. The molecule has 0 saturated heterocycles. The highest BCUT2D eigenvalue weighted by Crippen LogP contribution is 2.21. The van der Waals surface area contributed by atoms with Gasteiger partial charge >= 0.3 is 0 Å². The summed E-state index contributed by atoms with van der Waals surface area (Å²) in [5, 5.41) is 15.3. The molecule has 162 valence electrons. The summed E-state index contributed by atoms with van der Waals surface area (Å²) >= 11 is 15.5. The number of anilines is 1. The Hall–Kier alpha value is -1.82. The van der Waals surface area contributed by atoms with Gasteiger partial charge in [-0.1, -0.05) is 35.0 Å². The maximum absolute atomic E-state index is 12.4. The van der Waals surface area contributed by atoms with E-state index in [0.717, 1.165) is 9.26 Å². The van der Waals surface area contributed by atoms with Gasteiger partial charge in [0.15, 0.2) is 11.0 Å². The molecular formula is C20H18Cl2IN5O2S. The van der Waals surface area contributed by atoms with Crippen molar-refractivity contribution in [3.63, 3.8) is 0 Å². The van der Waals surface area contributed by atoms with Gasteiger partial charge in [0.05, 0.1) is 22.9 Å².